The van der Waals surface area contributed by atoms with Crippen molar-refractivity contribution < 1.29 is 14.7 Å². The van der Waals surface area contributed by atoms with E-state index in [1.54, 1.807) is 6.07 Å². The topological polar surface area (TPSA) is 66.4 Å². The molecule has 2 N–H and O–H groups in total. The molecule has 1 heterocycles. The minimum absolute atomic E-state index is 0.270. The Hall–Kier alpha value is -2.14. The van der Waals surface area contributed by atoms with E-state index in [0.29, 0.717) is 4.88 Å². The highest BCUT2D eigenvalue weighted by molar-refractivity contribution is 7.13. The number of amides is 1. The summed E-state index contributed by atoms with van der Waals surface area (Å²) in [5, 5.41) is 11.8. The number of thiophene rings is 1. The Kier molecular flexibility index (Phi) is 4.53. The molecule has 0 unspecified atom stereocenters. The Balaban J connectivity index is 2.06. The number of benzene rings is 1. The molecule has 0 bridgehead atoms. The number of rotatable bonds is 5. The Morgan fingerprint density at radius 1 is 1.20 bits per heavy atom. The third-order valence-electron chi connectivity index (χ3n) is 2.85. The zero-order valence-electron chi connectivity index (χ0n) is 11.0. The zero-order chi connectivity index (χ0) is 14.5. The number of aryl methyl sites for hydroxylation is 1. The summed E-state index contributed by atoms with van der Waals surface area (Å²) in [6, 6.07) is 11.9. The number of carboxylic acid groups (broad SMARTS) is 1. The normalized spacial score (nSPS) is 11.8. The van der Waals surface area contributed by atoms with Crippen LogP contribution in [0, 0.1) is 6.92 Å². The van der Waals surface area contributed by atoms with Crippen molar-refractivity contribution in [2.45, 2.75) is 19.4 Å². The van der Waals surface area contributed by atoms with Crippen LogP contribution in [0.25, 0.3) is 0 Å². The van der Waals surface area contributed by atoms with E-state index in [-0.39, 0.29) is 12.3 Å². The molecule has 0 radical (unpaired) electrons. The van der Waals surface area contributed by atoms with Gasteiger partial charge in [-0.25, -0.2) is 4.79 Å². The average molecular weight is 289 g/mol. The number of carboxylic acids is 1. The molecular weight excluding hydrogens is 274 g/mol. The molecule has 0 aliphatic rings. The van der Waals surface area contributed by atoms with E-state index in [1.807, 2.05) is 43.3 Å². The quantitative estimate of drug-likeness (QED) is 0.888. The monoisotopic (exact) mass is 289 g/mol. The second kappa shape index (κ2) is 6.34. The van der Waals surface area contributed by atoms with Gasteiger partial charge < -0.3 is 10.4 Å². The van der Waals surface area contributed by atoms with Crippen molar-refractivity contribution in [3.8, 4) is 0 Å². The van der Waals surface area contributed by atoms with E-state index in [4.69, 9.17) is 0 Å². The van der Waals surface area contributed by atoms with Crippen LogP contribution in [0.2, 0.25) is 0 Å². The zero-order valence-corrected chi connectivity index (χ0v) is 11.8. The Labute approximate surface area is 121 Å². The number of nitrogens with one attached hydrogen (secondary N) is 1. The second-order valence-corrected chi connectivity index (χ2v) is 5.75. The lowest BCUT2D eigenvalue weighted by atomic mass is 10.1. The van der Waals surface area contributed by atoms with Gasteiger partial charge in [0.15, 0.2) is 0 Å². The van der Waals surface area contributed by atoms with Crippen LogP contribution in [-0.2, 0) is 11.2 Å². The Bertz CT molecular complexity index is 607. The van der Waals surface area contributed by atoms with Crippen molar-refractivity contribution >= 4 is 23.2 Å². The van der Waals surface area contributed by atoms with Gasteiger partial charge in [-0.2, -0.15) is 0 Å². The molecule has 2 rings (SSSR count). The molecule has 0 saturated carbocycles. The van der Waals surface area contributed by atoms with Crippen molar-refractivity contribution in [1.82, 2.24) is 5.32 Å². The average Bonchev–Trinajstić information content (AvgIpc) is 2.86. The molecular formula is C15H15NO3S. The molecule has 104 valence electrons. The molecule has 1 aromatic carbocycles. The van der Waals surface area contributed by atoms with E-state index in [0.717, 1.165) is 10.4 Å². The maximum absolute atomic E-state index is 12.0. The third-order valence-corrected chi connectivity index (χ3v) is 3.85. The van der Waals surface area contributed by atoms with E-state index < -0.39 is 12.0 Å². The first-order chi connectivity index (χ1) is 9.56. The van der Waals surface area contributed by atoms with Gasteiger partial charge in [0.2, 0.25) is 0 Å². The lowest BCUT2D eigenvalue weighted by molar-refractivity contribution is -0.139. The summed E-state index contributed by atoms with van der Waals surface area (Å²) >= 11 is 1.35. The van der Waals surface area contributed by atoms with Crippen molar-refractivity contribution in [3.05, 3.63) is 57.8 Å². The highest BCUT2D eigenvalue weighted by Crippen LogP contribution is 2.15. The minimum atomic E-state index is -1.03. The number of hydrogen-bond donors (Lipinski definition) is 2. The summed E-state index contributed by atoms with van der Waals surface area (Å²) < 4.78 is 0. The van der Waals surface area contributed by atoms with E-state index >= 15 is 0 Å². The first kappa shape index (κ1) is 14.3. The standard InChI is InChI=1S/C15H15NO3S/c1-10-7-8-13(20-10)14(17)16-12(15(18)19)9-11-5-3-2-4-6-11/h2-8,12H,9H2,1H3,(H,16,17)(H,18,19)/t12-/m0/s1. The van der Waals surface area contributed by atoms with Crippen LogP contribution in [0.15, 0.2) is 42.5 Å². The summed E-state index contributed by atoms with van der Waals surface area (Å²) in [6.45, 7) is 1.90. The van der Waals surface area contributed by atoms with Gasteiger partial charge in [0.1, 0.15) is 6.04 Å². The maximum Gasteiger partial charge on any atom is 0.326 e. The molecule has 0 spiro atoms. The van der Waals surface area contributed by atoms with Crippen LogP contribution < -0.4 is 5.32 Å². The third kappa shape index (κ3) is 3.68. The largest absolute Gasteiger partial charge is 0.480 e. The molecule has 1 atom stereocenters. The molecule has 0 aliphatic carbocycles. The Morgan fingerprint density at radius 2 is 1.90 bits per heavy atom. The Morgan fingerprint density at radius 3 is 2.45 bits per heavy atom. The van der Waals surface area contributed by atoms with Gasteiger partial charge in [0.25, 0.3) is 5.91 Å². The van der Waals surface area contributed by atoms with Crippen LogP contribution in [-0.4, -0.2) is 23.0 Å². The number of carbonyl (C=O) groups is 2. The van der Waals surface area contributed by atoms with Gasteiger partial charge in [0, 0.05) is 11.3 Å². The molecule has 2 aromatic rings. The lowest BCUT2D eigenvalue weighted by Gasteiger charge is -2.14. The summed E-state index contributed by atoms with van der Waals surface area (Å²) in [4.78, 5) is 24.8. The number of carbonyl (C=O) groups excluding carboxylic acids is 1. The van der Waals surface area contributed by atoms with Gasteiger partial charge in [0.05, 0.1) is 4.88 Å². The molecule has 0 aliphatic heterocycles. The second-order valence-electron chi connectivity index (χ2n) is 4.46. The van der Waals surface area contributed by atoms with Crippen LogP contribution in [0.1, 0.15) is 20.1 Å². The summed E-state index contributed by atoms with van der Waals surface area (Å²) in [5.74, 6) is -1.37. The van der Waals surface area contributed by atoms with E-state index in [1.165, 1.54) is 11.3 Å². The number of hydrogen-bond acceptors (Lipinski definition) is 3. The highest BCUT2D eigenvalue weighted by Gasteiger charge is 2.21. The molecule has 1 aromatic heterocycles. The maximum atomic E-state index is 12.0. The van der Waals surface area contributed by atoms with Crippen LogP contribution in [0.5, 0.6) is 0 Å². The molecule has 20 heavy (non-hydrogen) atoms. The predicted octanol–water partition coefficient (Wildman–Crippen LogP) is 2.48. The van der Waals surface area contributed by atoms with E-state index in [2.05, 4.69) is 5.32 Å². The lowest BCUT2D eigenvalue weighted by Crippen LogP contribution is -2.42. The number of aliphatic carboxylic acids is 1. The first-order valence-electron chi connectivity index (χ1n) is 6.20. The fraction of sp³-hybridized carbons (Fsp3) is 0.200. The van der Waals surface area contributed by atoms with Crippen molar-refractivity contribution in [3.63, 3.8) is 0 Å². The molecule has 1 amide bonds. The smallest absolute Gasteiger partial charge is 0.326 e. The molecule has 5 heteroatoms. The van der Waals surface area contributed by atoms with Crippen molar-refractivity contribution in [2.24, 2.45) is 0 Å². The molecule has 0 saturated heterocycles. The fourth-order valence-electron chi connectivity index (χ4n) is 1.84. The van der Waals surface area contributed by atoms with Gasteiger partial charge in [-0.15, -0.1) is 11.3 Å². The molecule has 4 nitrogen and oxygen atoms in total. The van der Waals surface area contributed by atoms with Crippen molar-refractivity contribution in [1.29, 1.82) is 0 Å². The van der Waals surface area contributed by atoms with Gasteiger partial charge in [-0.1, -0.05) is 30.3 Å². The van der Waals surface area contributed by atoms with E-state index in [9.17, 15) is 14.7 Å². The summed E-state index contributed by atoms with van der Waals surface area (Å²) in [7, 11) is 0. The SMILES string of the molecule is Cc1ccc(C(=O)N[C@@H](Cc2ccccc2)C(=O)O)s1. The summed E-state index contributed by atoms with van der Waals surface area (Å²) in [5.41, 5.74) is 0.877. The highest BCUT2D eigenvalue weighted by atomic mass is 32.1. The van der Waals surface area contributed by atoms with Crippen molar-refractivity contribution in [2.75, 3.05) is 0 Å². The van der Waals surface area contributed by atoms with Crippen LogP contribution in [0.3, 0.4) is 0 Å². The predicted molar refractivity (Wildman–Crippen MR) is 78.1 cm³/mol. The first-order valence-corrected chi connectivity index (χ1v) is 7.02. The summed E-state index contributed by atoms with van der Waals surface area (Å²) in [6.07, 6.45) is 0.270. The van der Waals surface area contributed by atoms with Crippen LogP contribution in [0.4, 0.5) is 0 Å². The van der Waals surface area contributed by atoms with Gasteiger partial charge in [-0.05, 0) is 24.6 Å². The van der Waals surface area contributed by atoms with Gasteiger partial charge in [-0.3, -0.25) is 4.79 Å². The van der Waals surface area contributed by atoms with Crippen LogP contribution >= 0.6 is 11.3 Å². The fourth-order valence-corrected chi connectivity index (χ4v) is 2.61. The van der Waals surface area contributed by atoms with Gasteiger partial charge >= 0.3 is 5.97 Å². The minimum Gasteiger partial charge on any atom is -0.480 e. The molecule has 0 fully saturated rings.